The van der Waals surface area contributed by atoms with Crippen molar-refractivity contribution in [1.82, 2.24) is 15.0 Å². The highest BCUT2D eigenvalue weighted by atomic mass is 32.1. The lowest BCUT2D eigenvalue weighted by Crippen LogP contribution is -2.36. The Morgan fingerprint density at radius 3 is 2.71 bits per heavy atom. The summed E-state index contributed by atoms with van der Waals surface area (Å²) in [5.41, 5.74) is 0. The van der Waals surface area contributed by atoms with Crippen LogP contribution in [0.4, 0.5) is 0 Å². The maximum absolute atomic E-state index is 12.2. The highest BCUT2D eigenvalue weighted by Crippen LogP contribution is 2.29. The molecule has 0 amide bonds. The zero-order valence-corrected chi connectivity index (χ0v) is 14.7. The molecule has 24 heavy (non-hydrogen) atoms. The van der Waals surface area contributed by atoms with Gasteiger partial charge in [0.2, 0.25) is 11.7 Å². The lowest BCUT2D eigenvalue weighted by Gasteiger charge is -2.29. The third-order valence-electron chi connectivity index (χ3n) is 4.28. The Labute approximate surface area is 147 Å². The monoisotopic (exact) mass is 359 g/mol. The number of Topliss-reactive ketones (excluding diaryl/α,β-unsaturated/α-hetero) is 1. The second-order valence-electron chi connectivity index (χ2n) is 5.88. The number of thiophene rings is 2. The predicted octanol–water partition coefficient (Wildman–Crippen LogP) is 3.92. The van der Waals surface area contributed by atoms with E-state index in [1.807, 2.05) is 35.0 Å². The molecule has 4 rings (SSSR count). The van der Waals surface area contributed by atoms with E-state index in [4.69, 9.17) is 4.52 Å². The molecule has 4 heterocycles. The summed E-state index contributed by atoms with van der Waals surface area (Å²) in [5, 5.41) is 8.05. The minimum Gasteiger partial charge on any atom is -0.339 e. The second-order valence-corrected chi connectivity index (χ2v) is 7.78. The number of nitrogens with zero attached hydrogens (tertiary/aromatic N) is 3. The van der Waals surface area contributed by atoms with Crippen molar-refractivity contribution in [3.8, 4) is 10.7 Å². The Morgan fingerprint density at radius 2 is 2.00 bits per heavy atom. The molecule has 0 N–H and O–H groups in total. The van der Waals surface area contributed by atoms with Crippen LogP contribution in [-0.2, 0) is 0 Å². The highest BCUT2D eigenvalue weighted by Gasteiger charge is 2.26. The van der Waals surface area contributed by atoms with Gasteiger partial charge in [-0.25, -0.2) is 0 Å². The van der Waals surface area contributed by atoms with Crippen LogP contribution in [-0.4, -0.2) is 40.5 Å². The molecule has 0 saturated carbocycles. The first-order valence-corrected chi connectivity index (χ1v) is 9.72. The minimum atomic E-state index is 0.209. The van der Waals surface area contributed by atoms with Crippen LogP contribution < -0.4 is 0 Å². The van der Waals surface area contributed by atoms with Crippen LogP contribution in [0.2, 0.25) is 0 Å². The summed E-state index contributed by atoms with van der Waals surface area (Å²) in [6.07, 6.45) is 1.90. The van der Waals surface area contributed by atoms with Crippen LogP contribution in [0.1, 0.15) is 34.3 Å². The van der Waals surface area contributed by atoms with Crippen molar-refractivity contribution < 1.29 is 9.32 Å². The number of aromatic nitrogens is 2. The number of hydrogen-bond acceptors (Lipinski definition) is 7. The lowest BCUT2D eigenvalue weighted by molar-refractivity contribution is 0.0909. The zero-order valence-electron chi connectivity index (χ0n) is 13.1. The number of piperidine rings is 1. The number of carbonyl (C=O) groups is 1. The van der Waals surface area contributed by atoms with Gasteiger partial charge in [-0.05, 0) is 48.8 Å². The third-order valence-corrected chi connectivity index (χ3v) is 6.06. The van der Waals surface area contributed by atoms with E-state index in [2.05, 4.69) is 15.0 Å². The Bertz CT molecular complexity index is 788. The van der Waals surface area contributed by atoms with E-state index in [1.54, 1.807) is 11.3 Å². The average molecular weight is 359 g/mol. The van der Waals surface area contributed by atoms with Gasteiger partial charge in [0.25, 0.3) is 0 Å². The molecule has 3 aromatic heterocycles. The fourth-order valence-electron chi connectivity index (χ4n) is 2.96. The van der Waals surface area contributed by atoms with Gasteiger partial charge in [-0.15, -0.1) is 22.7 Å². The summed E-state index contributed by atoms with van der Waals surface area (Å²) < 4.78 is 5.46. The largest absolute Gasteiger partial charge is 0.339 e. The first kappa shape index (κ1) is 15.7. The molecule has 0 aliphatic carbocycles. The van der Waals surface area contributed by atoms with Crippen molar-refractivity contribution in [2.45, 2.75) is 18.8 Å². The number of hydrogen-bond donors (Lipinski definition) is 0. The van der Waals surface area contributed by atoms with E-state index >= 15 is 0 Å². The molecule has 124 valence electrons. The standard InChI is InChI=1S/C17H17N3O2S2/c21-13(14-3-1-9-23-14)11-20-7-5-12(6-8-20)17-18-16(19-22-17)15-4-2-10-24-15/h1-4,9-10,12H,5-8,11H2. The number of ketones is 1. The Balaban J connectivity index is 1.34. The Morgan fingerprint density at radius 1 is 1.21 bits per heavy atom. The molecule has 1 saturated heterocycles. The van der Waals surface area contributed by atoms with Gasteiger partial charge in [-0.3, -0.25) is 9.69 Å². The average Bonchev–Trinajstić information content (AvgIpc) is 3.35. The van der Waals surface area contributed by atoms with E-state index in [-0.39, 0.29) is 5.78 Å². The van der Waals surface area contributed by atoms with Gasteiger partial charge >= 0.3 is 0 Å². The van der Waals surface area contributed by atoms with Crippen LogP contribution in [0.3, 0.4) is 0 Å². The summed E-state index contributed by atoms with van der Waals surface area (Å²) in [5.74, 6) is 1.90. The van der Waals surface area contributed by atoms with Crippen LogP contribution in [0.15, 0.2) is 39.5 Å². The van der Waals surface area contributed by atoms with Gasteiger partial charge in [0.15, 0.2) is 5.78 Å². The molecule has 0 spiro atoms. The normalized spacial score (nSPS) is 16.5. The van der Waals surface area contributed by atoms with E-state index in [1.165, 1.54) is 11.3 Å². The van der Waals surface area contributed by atoms with Crippen molar-refractivity contribution in [3.05, 3.63) is 45.8 Å². The highest BCUT2D eigenvalue weighted by molar-refractivity contribution is 7.13. The van der Waals surface area contributed by atoms with Gasteiger partial charge < -0.3 is 4.52 Å². The maximum Gasteiger partial charge on any atom is 0.230 e. The number of carbonyl (C=O) groups excluding carboxylic acids is 1. The van der Waals surface area contributed by atoms with Gasteiger partial charge in [0.05, 0.1) is 16.3 Å². The van der Waals surface area contributed by atoms with Crippen molar-refractivity contribution in [2.24, 2.45) is 0 Å². The van der Waals surface area contributed by atoms with Crippen LogP contribution >= 0.6 is 22.7 Å². The zero-order chi connectivity index (χ0) is 16.4. The van der Waals surface area contributed by atoms with Gasteiger partial charge in [0.1, 0.15) is 0 Å². The molecule has 0 aromatic carbocycles. The maximum atomic E-state index is 12.2. The summed E-state index contributed by atoms with van der Waals surface area (Å²) in [4.78, 5) is 20.8. The molecular formula is C17H17N3O2S2. The Hall–Kier alpha value is -1.83. The van der Waals surface area contributed by atoms with Gasteiger partial charge in [0, 0.05) is 5.92 Å². The molecule has 5 nitrogen and oxygen atoms in total. The fourth-order valence-corrected chi connectivity index (χ4v) is 4.27. The molecule has 1 fully saturated rings. The van der Waals surface area contributed by atoms with Crippen LogP contribution in [0.25, 0.3) is 10.7 Å². The van der Waals surface area contributed by atoms with Crippen molar-refractivity contribution in [2.75, 3.05) is 19.6 Å². The third kappa shape index (κ3) is 3.33. The smallest absolute Gasteiger partial charge is 0.230 e. The fraction of sp³-hybridized carbons (Fsp3) is 0.353. The summed E-state index contributed by atoms with van der Waals surface area (Å²) in [7, 11) is 0. The molecule has 1 aliphatic rings. The van der Waals surface area contributed by atoms with Crippen LogP contribution in [0.5, 0.6) is 0 Å². The number of likely N-dealkylation sites (tertiary alicyclic amines) is 1. The summed E-state index contributed by atoms with van der Waals surface area (Å²) >= 11 is 3.12. The summed E-state index contributed by atoms with van der Waals surface area (Å²) in [6, 6.07) is 7.80. The van der Waals surface area contributed by atoms with E-state index < -0.39 is 0 Å². The molecule has 0 atom stereocenters. The van der Waals surface area contributed by atoms with Gasteiger partial charge in [-0.1, -0.05) is 17.3 Å². The minimum absolute atomic E-state index is 0.209. The Kier molecular flexibility index (Phi) is 4.55. The quantitative estimate of drug-likeness (QED) is 0.646. The summed E-state index contributed by atoms with van der Waals surface area (Å²) in [6.45, 7) is 2.27. The van der Waals surface area contributed by atoms with Crippen molar-refractivity contribution in [3.63, 3.8) is 0 Å². The molecule has 0 unspecified atom stereocenters. The molecule has 3 aromatic rings. The van der Waals surface area contributed by atoms with E-state index in [0.717, 1.165) is 41.6 Å². The number of rotatable bonds is 5. The topological polar surface area (TPSA) is 59.2 Å². The molecule has 0 bridgehead atoms. The first-order valence-electron chi connectivity index (χ1n) is 7.96. The lowest BCUT2D eigenvalue weighted by atomic mass is 9.96. The van der Waals surface area contributed by atoms with E-state index in [0.29, 0.717) is 18.3 Å². The van der Waals surface area contributed by atoms with E-state index in [9.17, 15) is 4.79 Å². The first-order chi connectivity index (χ1) is 11.8. The van der Waals surface area contributed by atoms with Gasteiger partial charge in [-0.2, -0.15) is 4.98 Å². The second kappa shape index (κ2) is 6.96. The molecular weight excluding hydrogens is 342 g/mol. The SMILES string of the molecule is O=C(CN1CCC(c2nc(-c3cccs3)no2)CC1)c1cccs1. The van der Waals surface area contributed by atoms with Crippen molar-refractivity contribution >= 4 is 28.5 Å². The van der Waals surface area contributed by atoms with Crippen molar-refractivity contribution in [1.29, 1.82) is 0 Å². The molecule has 0 radical (unpaired) electrons. The van der Waals surface area contributed by atoms with Crippen LogP contribution in [0, 0.1) is 0 Å². The molecule has 1 aliphatic heterocycles. The molecule has 7 heteroatoms. The predicted molar refractivity (Wildman–Crippen MR) is 94.7 cm³/mol.